The second-order valence-corrected chi connectivity index (χ2v) is 6.52. The summed E-state index contributed by atoms with van der Waals surface area (Å²) in [6.07, 6.45) is 13.7. The molecule has 1 nitrogen and oxygen atoms in total. The van der Waals surface area contributed by atoms with Crippen molar-refractivity contribution in [2.45, 2.75) is 51.8 Å². The van der Waals surface area contributed by atoms with Crippen molar-refractivity contribution in [3.8, 4) is 0 Å². The highest BCUT2D eigenvalue weighted by atomic mass is 16.4. The smallest absolute Gasteiger partial charge is 0.397 e. The van der Waals surface area contributed by atoms with E-state index in [2.05, 4.69) is 45.1 Å². The molecule has 1 heterocycles. The van der Waals surface area contributed by atoms with Crippen LogP contribution >= 0.6 is 0 Å². The standard InChI is InChI=1S/C16H21BO/c1-16(2,3)17-14-10-6-4-8-12(14)13-9-5-7-11-15(13)18-17/h6-7,10-11H,4-5,8-9H2,1-3H3. The minimum atomic E-state index is 0.145. The van der Waals surface area contributed by atoms with Crippen molar-refractivity contribution in [2.75, 3.05) is 0 Å². The summed E-state index contributed by atoms with van der Waals surface area (Å²) in [5, 5.41) is 0.145. The zero-order valence-corrected chi connectivity index (χ0v) is 11.6. The summed E-state index contributed by atoms with van der Waals surface area (Å²) in [6, 6.07) is 0. The first-order valence-electron chi connectivity index (χ1n) is 7.03. The van der Waals surface area contributed by atoms with E-state index in [0.29, 0.717) is 0 Å². The van der Waals surface area contributed by atoms with Gasteiger partial charge in [0.2, 0.25) is 0 Å². The van der Waals surface area contributed by atoms with Crippen molar-refractivity contribution in [2.24, 2.45) is 0 Å². The Hall–Kier alpha value is -1.18. The lowest BCUT2D eigenvalue weighted by molar-refractivity contribution is 0.409. The summed E-state index contributed by atoms with van der Waals surface area (Å²) in [7, 11) is 0. The van der Waals surface area contributed by atoms with Gasteiger partial charge >= 0.3 is 6.92 Å². The van der Waals surface area contributed by atoms with Gasteiger partial charge in [0.05, 0.1) is 0 Å². The van der Waals surface area contributed by atoms with Crippen molar-refractivity contribution >= 4 is 6.92 Å². The van der Waals surface area contributed by atoms with Crippen LogP contribution in [0.15, 0.2) is 46.7 Å². The van der Waals surface area contributed by atoms with E-state index in [1.54, 1.807) is 5.57 Å². The highest BCUT2D eigenvalue weighted by molar-refractivity contribution is 6.65. The average Bonchev–Trinajstić information content (AvgIpc) is 2.37. The molecule has 0 saturated carbocycles. The first kappa shape index (κ1) is 11.9. The minimum Gasteiger partial charge on any atom is -0.555 e. The molecule has 0 saturated heterocycles. The van der Waals surface area contributed by atoms with E-state index in [0.717, 1.165) is 18.6 Å². The molecule has 3 rings (SSSR count). The fourth-order valence-electron chi connectivity index (χ4n) is 3.14. The van der Waals surface area contributed by atoms with Gasteiger partial charge in [-0.3, -0.25) is 0 Å². The van der Waals surface area contributed by atoms with Gasteiger partial charge in [-0.2, -0.15) is 0 Å². The van der Waals surface area contributed by atoms with Crippen LogP contribution in [-0.2, 0) is 4.65 Å². The van der Waals surface area contributed by atoms with E-state index in [4.69, 9.17) is 4.65 Å². The first-order valence-corrected chi connectivity index (χ1v) is 7.03. The summed E-state index contributed by atoms with van der Waals surface area (Å²) >= 11 is 0. The third-order valence-electron chi connectivity index (χ3n) is 4.01. The lowest BCUT2D eigenvalue weighted by Crippen LogP contribution is -2.36. The van der Waals surface area contributed by atoms with Crippen LogP contribution in [0.2, 0.25) is 5.31 Å². The van der Waals surface area contributed by atoms with Crippen LogP contribution < -0.4 is 0 Å². The quantitative estimate of drug-likeness (QED) is 0.562. The monoisotopic (exact) mass is 240 g/mol. The zero-order valence-electron chi connectivity index (χ0n) is 11.6. The Labute approximate surface area is 110 Å². The van der Waals surface area contributed by atoms with Gasteiger partial charge < -0.3 is 4.65 Å². The maximum atomic E-state index is 6.31. The minimum absolute atomic E-state index is 0.145. The van der Waals surface area contributed by atoms with Gasteiger partial charge in [0.25, 0.3) is 0 Å². The molecule has 0 bridgehead atoms. The fraction of sp³-hybridized carbons (Fsp3) is 0.500. The van der Waals surface area contributed by atoms with E-state index >= 15 is 0 Å². The average molecular weight is 240 g/mol. The number of hydrogen-bond donors (Lipinski definition) is 0. The van der Waals surface area contributed by atoms with Crippen LogP contribution in [0.5, 0.6) is 0 Å². The lowest BCUT2D eigenvalue weighted by Gasteiger charge is -2.37. The molecule has 1 aliphatic heterocycles. The lowest BCUT2D eigenvalue weighted by atomic mass is 9.41. The van der Waals surface area contributed by atoms with Crippen LogP contribution in [0.4, 0.5) is 0 Å². The summed E-state index contributed by atoms with van der Waals surface area (Å²) < 4.78 is 6.31. The van der Waals surface area contributed by atoms with Gasteiger partial charge in [-0.05, 0) is 53.7 Å². The Kier molecular flexibility index (Phi) is 2.76. The van der Waals surface area contributed by atoms with Crippen molar-refractivity contribution in [1.29, 1.82) is 0 Å². The van der Waals surface area contributed by atoms with Crippen molar-refractivity contribution in [3.63, 3.8) is 0 Å². The predicted molar refractivity (Wildman–Crippen MR) is 77.4 cm³/mol. The van der Waals surface area contributed by atoms with E-state index in [-0.39, 0.29) is 12.2 Å². The Morgan fingerprint density at radius 1 is 1.00 bits per heavy atom. The maximum Gasteiger partial charge on any atom is 0.397 e. The molecule has 94 valence electrons. The van der Waals surface area contributed by atoms with E-state index < -0.39 is 0 Å². The van der Waals surface area contributed by atoms with E-state index in [1.165, 1.54) is 23.9 Å². The Bertz CT molecular complexity index is 486. The molecule has 0 amide bonds. The molecule has 0 aromatic heterocycles. The summed E-state index contributed by atoms with van der Waals surface area (Å²) in [5.74, 6) is 1.13. The molecule has 18 heavy (non-hydrogen) atoms. The molecule has 0 aromatic carbocycles. The molecular weight excluding hydrogens is 219 g/mol. The number of allylic oxidation sites excluding steroid dienone is 7. The van der Waals surface area contributed by atoms with Crippen molar-refractivity contribution < 1.29 is 4.65 Å². The molecule has 0 radical (unpaired) electrons. The molecule has 0 unspecified atom stereocenters. The third kappa shape index (κ3) is 1.88. The third-order valence-corrected chi connectivity index (χ3v) is 4.01. The van der Waals surface area contributed by atoms with Crippen LogP contribution in [0.25, 0.3) is 0 Å². The van der Waals surface area contributed by atoms with Gasteiger partial charge in [0.1, 0.15) is 5.76 Å². The predicted octanol–water partition coefficient (Wildman–Crippen LogP) is 4.60. The molecule has 0 aromatic rings. The van der Waals surface area contributed by atoms with Crippen LogP contribution in [0.1, 0.15) is 46.5 Å². The summed E-state index contributed by atoms with van der Waals surface area (Å²) in [5.41, 5.74) is 4.48. The van der Waals surface area contributed by atoms with E-state index in [9.17, 15) is 0 Å². The maximum absolute atomic E-state index is 6.31. The van der Waals surface area contributed by atoms with Crippen molar-refractivity contribution in [1.82, 2.24) is 0 Å². The Morgan fingerprint density at radius 3 is 2.39 bits per heavy atom. The van der Waals surface area contributed by atoms with Crippen LogP contribution in [0, 0.1) is 0 Å². The second kappa shape index (κ2) is 4.19. The van der Waals surface area contributed by atoms with Gasteiger partial charge in [0, 0.05) is 0 Å². The van der Waals surface area contributed by atoms with Crippen LogP contribution in [-0.4, -0.2) is 6.92 Å². The highest BCUT2D eigenvalue weighted by Crippen LogP contribution is 2.44. The molecule has 0 N–H and O–H groups in total. The molecule has 2 aliphatic carbocycles. The first-order chi connectivity index (χ1) is 8.57. The number of rotatable bonds is 0. The topological polar surface area (TPSA) is 9.23 Å². The molecule has 0 fully saturated rings. The molecule has 0 atom stereocenters. The number of hydrogen-bond acceptors (Lipinski definition) is 1. The fourth-order valence-corrected chi connectivity index (χ4v) is 3.14. The van der Waals surface area contributed by atoms with Crippen LogP contribution in [0.3, 0.4) is 0 Å². The van der Waals surface area contributed by atoms with Gasteiger partial charge in [-0.25, -0.2) is 0 Å². The summed E-state index contributed by atoms with van der Waals surface area (Å²) in [4.78, 5) is 0. The molecular formula is C16H21BO. The van der Waals surface area contributed by atoms with E-state index in [1.807, 2.05) is 0 Å². The largest absolute Gasteiger partial charge is 0.555 e. The summed E-state index contributed by atoms with van der Waals surface area (Å²) in [6.45, 7) is 7.00. The van der Waals surface area contributed by atoms with Crippen molar-refractivity contribution in [3.05, 3.63) is 46.7 Å². The number of fused-ring (bicyclic) bond motifs is 1. The van der Waals surface area contributed by atoms with Gasteiger partial charge in [0.15, 0.2) is 0 Å². The normalized spacial score (nSPS) is 22.9. The Balaban J connectivity index is 2.10. The second-order valence-electron chi connectivity index (χ2n) is 6.52. The molecule has 0 spiro atoms. The molecule has 2 heteroatoms. The molecule has 3 aliphatic rings. The highest BCUT2D eigenvalue weighted by Gasteiger charge is 2.41. The van der Waals surface area contributed by atoms with Gasteiger partial charge in [-0.1, -0.05) is 39.0 Å². The zero-order chi connectivity index (χ0) is 12.8. The Morgan fingerprint density at radius 2 is 1.67 bits per heavy atom. The SMILES string of the molecule is CC(C)(C)B1OC2=C(CCC=C2)C2=C1C=CCC2. The van der Waals surface area contributed by atoms with Gasteiger partial charge in [-0.15, -0.1) is 0 Å².